The molecule has 2 rings (SSSR count). The zero-order valence-corrected chi connectivity index (χ0v) is 10.7. The van der Waals surface area contributed by atoms with Crippen molar-refractivity contribution in [2.75, 3.05) is 20.2 Å². The smallest absolute Gasteiger partial charge is 0.339 e. The highest BCUT2D eigenvalue weighted by atomic mass is 32.1. The van der Waals surface area contributed by atoms with Gasteiger partial charge in [0.05, 0.1) is 25.8 Å². The Balaban J connectivity index is 2.19. The number of likely N-dealkylation sites (tertiary alicyclic amines) is 1. The van der Waals surface area contributed by atoms with E-state index in [2.05, 4.69) is 11.3 Å². The number of esters is 1. The van der Waals surface area contributed by atoms with E-state index >= 15 is 0 Å². The van der Waals surface area contributed by atoms with Crippen LogP contribution in [0.5, 0.6) is 0 Å². The number of hydrogen-bond acceptors (Lipinski definition) is 5. The molecule has 2 heterocycles. The van der Waals surface area contributed by atoms with Crippen molar-refractivity contribution in [1.82, 2.24) is 4.90 Å². The highest BCUT2D eigenvalue weighted by Gasteiger charge is 2.46. The average Bonchev–Trinajstić information content (AvgIpc) is 2.82. The Bertz CT molecular complexity index is 502. The van der Waals surface area contributed by atoms with Crippen molar-refractivity contribution in [3.8, 4) is 0 Å². The molecule has 0 spiro atoms. The lowest BCUT2D eigenvalue weighted by molar-refractivity contribution is -0.152. The van der Waals surface area contributed by atoms with Gasteiger partial charge in [-0.15, -0.1) is 0 Å². The quantitative estimate of drug-likeness (QED) is 0.648. The largest absolute Gasteiger partial charge is 0.465 e. The SMILES string of the molecule is C=CC(=O)N1CC(O)(c2cscc2C(=O)OC)C1. The van der Waals surface area contributed by atoms with E-state index < -0.39 is 11.6 Å². The van der Waals surface area contributed by atoms with Gasteiger partial charge in [0.2, 0.25) is 5.91 Å². The normalized spacial score (nSPS) is 16.9. The summed E-state index contributed by atoms with van der Waals surface area (Å²) in [4.78, 5) is 24.3. The van der Waals surface area contributed by atoms with Crippen LogP contribution in [0.3, 0.4) is 0 Å². The predicted molar refractivity (Wildman–Crippen MR) is 66.3 cm³/mol. The molecule has 0 atom stereocenters. The number of β-amino-alcohol motifs (C(OH)–C–C–N with tert-alkyl or cyclic N) is 1. The van der Waals surface area contributed by atoms with Crippen LogP contribution in [0.1, 0.15) is 15.9 Å². The van der Waals surface area contributed by atoms with Gasteiger partial charge in [0.25, 0.3) is 0 Å². The van der Waals surface area contributed by atoms with Crippen LogP contribution in [0.15, 0.2) is 23.4 Å². The van der Waals surface area contributed by atoms with Crippen molar-refractivity contribution in [1.29, 1.82) is 0 Å². The summed E-state index contributed by atoms with van der Waals surface area (Å²) in [6.07, 6.45) is 1.20. The first kappa shape index (κ1) is 12.8. The molecule has 0 unspecified atom stereocenters. The van der Waals surface area contributed by atoms with Crippen molar-refractivity contribution >= 4 is 23.2 Å². The Hall–Kier alpha value is -1.66. The Morgan fingerprint density at radius 3 is 2.78 bits per heavy atom. The molecule has 5 nitrogen and oxygen atoms in total. The minimum atomic E-state index is -1.16. The molecule has 18 heavy (non-hydrogen) atoms. The molecule has 96 valence electrons. The van der Waals surface area contributed by atoms with E-state index in [1.165, 1.54) is 29.4 Å². The second kappa shape index (κ2) is 4.55. The Labute approximate surface area is 108 Å². The number of hydrogen-bond donors (Lipinski definition) is 1. The molecule has 0 saturated carbocycles. The van der Waals surface area contributed by atoms with Crippen LogP contribution in [0.25, 0.3) is 0 Å². The van der Waals surface area contributed by atoms with Gasteiger partial charge in [0.1, 0.15) is 5.60 Å². The zero-order valence-electron chi connectivity index (χ0n) is 9.88. The van der Waals surface area contributed by atoms with E-state index in [-0.39, 0.29) is 19.0 Å². The fourth-order valence-corrected chi connectivity index (χ4v) is 2.88. The monoisotopic (exact) mass is 267 g/mol. The molecule has 0 radical (unpaired) electrons. The third-order valence-electron chi connectivity index (χ3n) is 2.96. The van der Waals surface area contributed by atoms with Gasteiger partial charge in [-0.25, -0.2) is 4.79 Å². The van der Waals surface area contributed by atoms with E-state index in [0.717, 1.165) is 0 Å². The summed E-state index contributed by atoms with van der Waals surface area (Å²) in [7, 11) is 1.29. The Kier molecular flexibility index (Phi) is 3.23. The van der Waals surface area contributed by atoms with E-state index in [1.807, 2.05) is 0 Å². The van der Waals surface area contributed by atoms with Gasteiger partial charge in [-0.2, -0.15) is 11.3 Å². The molecule has 1 fully saturated rings. The first-order valence-corrected chi connectivity index (χ1v) is 6.25. The molecule has 6 heteroatoms. The van der Waals surface area contributed by atoms with Crippen LogP contribution in [0.4, 0.5) is 0 Å². The number of thiophene rings is 1. The van der Waals surface area contributed by atoms with Crippen LogP contribution >= 0.6 is 11.3 Å². The fraction of sp³-hybridized carbons (Fsp3) is 0.333. The van der Waals surface area contributed by atoms with E-state index in [4.69, 9.17) is 0 Å². The molecule has 1 aliphatic heterocycles. The molecule has 1 saturated heterocycles. The summed E-state index contributed by atoms with van der Waals surface area (Å²) < 4.78 is 4.65. The topological polar surface area (TPSA) is 66.8 Å². The number of carbonyl (C=O) groups excluding carboxylic acids is 2. The third-order valence-corrected chi connectivity index (χ3v) is 3.70. The first-order chi connectivity index (χ1) is 8.51. The highest BCUT2D eigenvalue weighted by Crippen LogP contribution is 2.36. The van der Waals surface area contributed by atoms with Crippen molar-refractivity contribution in [3.05, 3.63) is 34.5 Å². The molecule has 0 aromatic carbocycles. The first-order valence-electron chi connectivity index (χ1n) is 5.30. The van der Waals surface area contributed by atoms with Crippen molar-refractivity contribution < 1.29 is 19.4 Å². The number of amides is 1. The maximum absolute atomic E-state index is 11.5. The van der Waals surface area contributed by atoms with Crippen molar-refractivity contribution in [2.45, 2.75) is 5.60 Å². The maximum atomic E-state index is 11.5. The molecule has 0 aliphatic carbocycles. The van der Waals surface area contributed by atoms with Gasteiger partial charge in [-0.1, -0.05) is 6.58 Å². The number of ether oxygens (including phenoxy) is 1. The summed E-state index contributed by atoms with van der Waals surface area (Å²) in [6.45, 7) is 3.72. The van der Waals surface area contributed by atoms with E-state index in [0.29, 0.717) is 11.1 Å². The molecule has 1 N–H and O–H groups in total. The van der Waals surface area contributed by atoms with Gasteiger partial charge >= 0.3 is 5.97 Å². The summed E-state index contributed by atoms with van der Waals surface area (Å²) in [5, 5.41) is 13.7. The summed E-state index contributed by atoms with van der Waals surface area (Å²) in [5.74, 6) is -0.706. The van der Waals surface area contributed by atoms with Crippen molar-refractivity contribution in [3.63, 3.8) is 0 Å². The maximum Gasteiger partial charge on any atom is 0.339 e. The van der Waals surface area contributed by atoms with E-state index in [9.17, 15) is 14.7 Å². The summed E-state index contributed by atoms with van der Waals surface area (Å²) in [6, 6.07) is 0. The van der Waals surface area contributed by atoms with Crippen LogP contribution in [-0.2, 0) is 15.1 Å². The number of carbonyl (C=O) groups is 2. The van der Waals surface area contributed by atoms with Gasteiger partial charge in [-0.3, -0.25) is 4.79 Å². The Morgan fingerprint density at radius 1 is 1.56 bits per heavy atom. The van der Waals surface area contributed by atoms with Crippen molar-refractivity contribution in [2.24, 2.45) is 0 Å². The van der Waals surface area contributed by atoms with Crippen LogP contribution in [-0.4, -0.2) is 42.1 Å². The van der Waals surface area contributed by atoms with Gasteiger partial charge in [0.15, 0.2) is 0 Å². The molecule has 1 aromatic heterocycles. The number of nitrogens with zero attached hydrogens (tertiary/aromatic N) is 1. The summed E-state index contributed by atoms with van der Waals surface area (Å²) in [5.41, 5.74) is -0.287. The molecule has 1 aliphatic rings. The van der Waals surface area contributed by atoms with Gasteiger partial charge in [-0.05, 0) is 11.5 Å². The molecular formula is C12H13NO4S. The lowest BCUT2D eigenvalue weighted by atomic mass is 9.85. The van der Waals surface area contributed by atoms with Gasteiger partial charge < -0.3 is 14.7 Å². The second-order valence-corrected chi connectivity index (χ2v) is 4.86. The average molecular weight is 267 g/mol. The minimum absolute atomic E-state index is 0.165. The number of aliphatic hydroxyl groups is 1. The standard InChI is InChI=1S/C12H13NO4S/c1-3-10(14)13-6-12(16,7-13)9-5-18-4-8(9)11(15)17-2/h3-5,16H,1,6-7H2,2H3. The van der Waals surface area contributed by atoms with Crippen LogP contribution in [0, 0.1) is 0 Å². The second-order valence-electron chi connectivity index (χ2n) is 4.12. The number of methoxy groups -OCH3 is 1. The lowest BCUT2D eigenvalue weighted by Crippen LogP contribution is -2.61. The molecule has 1 aromatic rings. The molecular weight excluding hydrogens is 254 g/mol. The molecule has 1 amide bonds. The Morgan fingerprint density at radius 2 is 2.22 bits per heavy atom. The van der Waals surface area contributed by atoms with Crippen LogP contribution in [0.2, 0.25) is 0 Å². The third kappa shape index (κ3) is 1.93. The zero-order chi connectivity index (χ0) is 13.3. The number of rotatable bonds is 3. The minimum Gasteiger partial charge on any atom is -0.465 e. The highest BCUT2D eigenvalue weighted by molar-refractivity contribution is 7.08. The van der Waals surface area contributed by atoms with E-state index in [1.54, 1.807) is 10.8 Å². The lowest BCUT2D eigenvalue weighted by Gasteiger charge is -2.46. The summed E-state index contributed by atoms with van der Waals surface area (Å²) >= 11 is 1.32. The van der Waals surface area contributed by atoms with Gasteiger partial charge in [0, 0.05) is 10.9 Å². The predicted octanol–water partition coefficient (Wildman–Crippen LogP) is 0.750. The van der Waals surface area contributed by atoms with Crippen LogP contribution < -0.4 is 0 Å². The molecule has 0 bridgehead atoms. The fourth-order valence-electron chi connectivity index (χ4n) is 1.97.